The van der Waals surface area contributed by atoms with Gasteiger partial charge in [0, 0.05) is 66.3 Å². The van der Waals surface area contributed by atoms with Crippen LogP contribution in [0.4, 0.5) is 4.79 Å². The van der Waals surface area contributed by atoms with Crippen molar-refractivity contribution in [1.82, 2.24) is 57.1 Å². The van der Waals surface area contributed by atoms with Crippen LogP contribution in [0.3, 0.4) is 0 Å². The van der Waals surface area contributed by atoms with Crippen LogP contribution in [-0.4, -0.2) is 145 Å². The lowest BCUT2D eigenvalue weighted by Crippen LogP contribution is -2.60. The van der Waals surface area contributed by atoms with Gasteiger partial charge in [-0.05, 0) is 43.4 Å². The van der Waals surface area contributed by atoms with Gasteiger partial charge in [-0.3, -0.25) is 43.3 Å². The summed E-state index contributed by atoms with van der Waals surface area (Å²) < 4.78 is 0. The number of aromatic nitrogens is 3. The van der Waals surface area contributed by atoms with Crippen LogP contribution in [0.15, 0.2) is 78.3 Å². The van der Waals surface area contributed by atoms with Crippen LogP contribution in [0.25, 0.3) is 10.9 Å². The second kappa shape index (κ2) is 26.2. The van der Waals surface area contributed by atoms with E-state index in [1.165, 1.54) is 19.4 Å². The van der Waals surface area contributed by atoms with E-state index in [4.69, 9.17) is 17.2 Å². The van der Waals surface area contributed by atoms with Crippen molar-refractivity contribution in [2.45, 2.75) is 107 Å². The van der Waals surface area contributed by atoms with Gasteiger partial charge in [-0.2, -0.15) is 0 Å². The molecule has 73 heavy (non-hydrogen) atoms. The molecule has 2 aliphatic rings. The Bertz CT molecular complexity index is 2650. The number of imide groups is 1. The highest BCUT2D eigenvalue weighted by Gasteiger charge is 2.45. The van der Waals surface area contributed by atoms with Crippen LogP contribution in [0, 0.1) is 0 Å². The number of hydrogen-bond acceptors (Lipinski definition) is 13. The number of para-hydroxylation sites is 1. The summed E-state index contributed by atoms with van der Waals surface area (Å²) in [5.74, 6) is -7.15. The summed E-state index contributed by atoms with van der Waals surface area (Å²) in [5, 5.41) is 19.5. The number of carbonyl (C=O) groups excluding carboxylic acids is 9. The first kappa shape index (κ1) is 54.7. The number of fused-ring (bicyclic) bond motifs is 1. The van der Waals surface area contributed by atoms with Gasteiger partial charge in [0.1, 0.15) is 48.3 Å². The predicted molar refractivity (Wildman–Crippen MR) is 274 cm³/mol. The highest BCUT2D eigenvalue weighted by Crippen LogP contribution is 2.27. The average molecular weight is 1040 g/mol. The monoisotopic (exact) mass is 1040 g/mol. The number of aliphatic imine (C=N–C) groups is 1. The number of amides is 10. The molecule has 6 rings (SSSR count). The number of urea groups is 1. The van der Waals surface area contributed by atoms with E-state index in [2.05, 4.69) is 57.2 Å². The number of H-pyrrole nitrogens is 2. The van der Waals surface area contributed by atoms with Gasteiger partial charge in [0.15, 0.2) is 5.96 Å². The van der Waals surface area contributed by atoms with Gasteiger partial charge in [0.05, 0.1) is 6.33 Å². The lowest BCUT2D eigenvalue weighted by Gasteiger charge is -2.27. The topological polar surface area (TPSA) is 376 Å². The molecule has 0 unspecified atom stereocenters. The fourth-order valence-electron chi connectivity index (χ4n) is 8.17. The molecule has 390 valence electrons. The van der Waals surface area contributed by atoms with Gasteiger partial charge < -0.3 is 64.4 Å². The maximum absolute atomic E-state index is 14.6. The molecule has 2 aromatic carbocycles. The van der Waals surface area contributed by atoms with Crippen molar-refractivity contribution >= 4 is 91.7 Å². The normalized spacial score (nSPS) is 24.3. The standard InChI is InChI=1S/C47H61N15O9S2/c1-3-10-32-45(70)62(47(71)61-32)37-23-73-72-22-36(38(48)63)60-42(67)34(18-27-20-53-30-14-8-7-13-29(27)30)59-40(65)31(15-9-16-52-46(49)50)56-41(66)33(17-26-11-5-4-6-12-26)58-43(68)35(19-28-21-51-24-54-28)57-39(64)25(2)55-44(37)69/h4-8,11-14,20-21,24-25,31-37,53H,3,9-10,15-19,22-23H2,1-2H3,(H2,48,63)(H,51,54)(H,55,69)(H,56,66)(H,57,64)(H,58,68)(H,59,65)(H,60,67)(H,61,71)(H4,49,50,52)/t25-,31+,32+,33-,34+,35+,36+,37+/m1/s1. The molecule has 2 aromatic heterocycles. The minimum Gasteiger partial charge on any atom is -0.370 e. The maximum Gasteiger partial charge on any atom is 0.325 e. The van der Waals surface area contributed by atoms with Gasteiger partial charge in [0.2, 0.25) is 41.4 Å². The molecule has 0 spiro atoms. The Morgan fingerprint density at radius 3 is 2.00 bits per heavy atom. The number of aromatic amines is 2. The number of nitrogens with zero attached hydrogens (tertiary/aromatic N) is 3. The third-order valence-electron chi connectivity index (χ3n) is 12.0. The van der Waals surface area contributed by atoms with Crippen LogP contribution < -0.4 is 54.4 Å². The second-order valence-electron chi connectivity index (χ2n) is 17.5. The quantitative estimate of drug-likeness (QED) is 0.0234. The van der Waals surface area contributed by atoms with E-state index < -0.39 is 102 Å². The fourth-order valence-corrected chi connectivity index (χ4v) is 10.5. The fraction of sp³-hybridized carbons (Fsp3) is 0.426. The molecule has 8 atom stereocenters. The number of carbonyl (C=O) groups is 9. The number of nitrogens with one attached hydrogen (secondary N) is 9. The first-order valence-corrected chi connectivity index (χ1v) is 26.1. The molecule has 10 amide bonds. The zero-order valence-electron chi connectivity index (χ0n) is 40.2. The molecule has 24 nitrogen and oxygen atoms in total. The zero-order valence-corrected chi connectivity index (χ0v) is 41.8. The molecule has 0 bridgehead atoms. The van der Waals surface area contributed by atoms with Gasteiger partial charge >= 0.3 is 6.03 Å². The van der Waals surface area contributed by atoms with Crippen molar-refractivity contribution < 1.29 is 43.2 Å². The molecule has 4 aromatic rings. The SMILES string of the molecule is CCC[C@@H]1NC(=O)N([C@H]2CSSC[C@@H](C(N)=O)NC(=O)[C@H](Cc3c[nH]c4ccccc34)NC(=O)[C@H](CCCN=C(N)N)NC(=O)[C@@H](Cc3ccccc3)NC(=O)[C@H](Cc3cnc[nH]3)NC(=O)[C@@H](C)NC2=O)C1=O. The van der Waals surface area contributed by atoms with Gasteiger partial charge in [0.25, 0.3) is 5.91 Å². The van der Waals surface area contributed by atoms with E-state index in [9.17, 15) is 43.2 Å². The van der Waals surface area contributed by atoms with E-state index in [1.807, 2.05) is 25.1 Å². The van der Waals surface area contributed by atoms with E-state index in [0.717, 1.165) is 37.4 Å². The number of rotatable bonds is 14. The lowest BCUT2D eigenvalue weighted by molar-refractivity contribution is -0.137. The molecule has 0 aliphatic carbocycles. The first-order chi connectivity index (χ1) is 35.0. The minimum atomic E-state index is -1.48. The van der Waals surface area contributed by atoms with Crippen molar-refractivity contribution in [3.05, 3.63) is 90.1 Å². The summed E-state index contributed by atoms with van der Waals surface area (Å²) in [4.78, 5) is 141. The smallest absolute Gasteiger partial charge is 0.325 e. The van der Waals surface area contributed by atoms with Crippen LogP contribution in [0.2, 0.25) is 0 Å². The molecule has 0 radical (unpaired) electrons. The molecular formula is C47H61N15O9S2. The average Bonchev–Trinajstić information content (AvgIpc) is 4.10. The van der Waals surface area contributed by atoms with Crippen LogP contribution >= 0.6 is 21.6 Å². The molecule has 26 heteroatoms. The summed E-state index contributed by atoms with van der Waals surface area (Å²) in [5.41, 5.74) is 19.4. The van der Waals surface area contributed by atoms with E-state index >= 15 is 0 Å². The Kier molecular flexibility index (Phi) is 19.6. The Morgan fingerprint density at radius 1 is 0.685 bits per heavy atom. The van der Waals surface area contributed by atoms with E-state index in [0.29, 0.717) is 29.7 Å². The Balaban J connectivity index is 1.39. The molecule has 15 N–H and O–H groups in total. The highest BCUT2D eigenvalue weighted by atomic mass is 33.1. The summed E-state index contributed by atoms with van der Waals surface area (Å²) in [6.45, 7) is 3.24. The minimum absolute atomic E-state index is 0.0490. The Hall–Kier alpha value is -7.61. The number of guanidine groups is 1. The van der Waals surface area contributed by atoms with Gasteiger partial charge in [-0.25, -0.2) is 14.7 Å². The number of primary amides is 1. The largest absolute Gasteiger partial charge is 0.370 e. The van der Waals surface area contributed by atoms with Crippen molar-refractivity contribution in [1.29, 1.82) is 0 Å². The third kappa shape index (κ3) is 15.2. The summed E-state index contributed by atoms with van der Waals surface area (Å²) in [6, 6.07) is 4.62. The number of imidazole rings is 1. The predicted octanol–water partition coefficient (Wildman–Crippen LogP) is -1.13. The van der Waals surface area contributed by atoms with Crippen molar-refractivity contribution in [3.8, 4) is 0 Å². The molecular weight excluding hydrogens is 983 g/mol. The molecule has 2 aliphatic heterocycles. The number of benzene rings is 2. The Morgan fingerprint density at radius 2 is 1.32 bits per heavy atom. The lowest BCUT2D eigenvalue weighted by atomic mass is 10.0. The maximum atomic E-state index is 14.6. The Labute approximate surface area is 427 Å². The molecule has 2 fully saturated rings. The highest BCUT2D eigenvalue weighted by molar-refractivity contribution is 8.76. The van der Waals surface area contributed by atoms with Crippen molar-refractivity contribution in [2.24, 2.45) is 22.2 Å². The number of nitrogens with two attached hydrogens (primary N) is 3. The van der Waals surface area contributed by atoms with Gasteiger partial charge in [-0.1, -0.05) is 83.5 Å². The van der Waals surface area contributed by atoms with Crippen molar-refractivity contribution in [3.63, 3.8) is 0 Å². The van der Waals surface area contributed by atoms with Crippen LogP contribution in [-0.2, 0) is 57.6 Å². The third-order valence-corrected chi connectivity index (χ3v) is 14.4. The van der Waals surface area contributed by atoms with E-state index in [1.54, 1.807) is 42.6 Å². The zero-order chi connectivity index (χ0) is 52.6. The van der Waals surface area contributed by atoms with Crippen LogP contribution in [0.5, 0.6) is 0 Å². The molecule has 4 heterocycles. The summed E-state index contributed by atoms with van der Waals surface area (Å²) in [6.07, 6.45) is 5.13. The second-order valence-corrected chi connectivity index (χ2v) is 20.1. The van der Waals surface area contributed by atoms with Crippen molar-refractivity contribution in [2.75, 3.05) is 18.1 Å². The van der Waals surface area contributed by atoms with Crippen LogP contribution in [0.1, 0.15) is 56.4 Å². The summed E-state index contributed by atoms with van der Waals surface area (Å²) in [7, 11) is 2.00. The van der Waals surface area contributed by atoms with Gasteiger partial charge in [-0.15, -0.1) is 0 Å². The van der Waals surface area contributed by atoms with E-state index in [-0.39, 0.29) is 56.1 Å². The molecule has 2 saturated heterocycles. The number of hydrogen-bond donors (Lipinski definition) is 12. The summed E-state index contributed by atoms with van der Waals surface area (Å²) >= 11 is 0. The molecule has 0 saturated carbocycles. The first-order valence-electron chi connectivity index (χ1n) is 23.6.